The maximum absolute atomic E-state index is 12.8. The molecular formula is C23H17N7O2. The van der Waals surface area contributed by atoms with Gasteiger partial charge in [-0.05, 0) is 18.2 Å². The molecule has 4 N–H and O–H groups in total. The summed E-state index contributed by atoms with van der Waals surface area (Å²) in [5, 5.41) is 19.8. The van der Waals surface area contributed by atoms with Gasteiger partial charge in [0.2, 0.25) is 12.1 Å². The predicted molar refractivity (Wildman–Crippen MR) is 119 cm³/mol. The first-order chi connectivity index (χ1) is 15.5. The van der Waals surface area contributed by atoms with E-state index in [1.54, 1.807) is 6.07 Å². The lowest BCUT2D eigenvalue weighted by molar-refractivity contribution is -0.117. The first-order valence-electron chi connectivity index (χ1n) is 9.55. The van der Waals surface area contributed by atoms with Crippen LogP contribution in [0.15, 0.2) is 82.9 Å². The Morgan fingerprint density at radius 3 is 2.69 bits per heavy atom. The van der Waals surface area contributed by atoms with Gasteiger partial charge in [0, 0.05) is 22.9 Å². The third-order valence-electron chi connectivity index (χ3n) is 4.57. The molecule has 0 bridgehead atoms. The third-order valence-corrected chi connectivity index (χ3v) is 4.57. The second-order valence-corrected chi connectivity index (χ2v) is 6.69. The molecule has 0 saturated heterocycles. The second kappa shape index (κ2) is 8.89. The fourth-order valence-corrected chi connectivity index (χ4v) is 3.10. The number of carbonyl (C=O) groups is 1. The monoisotopic (exact) mass is 423 g/mol. The first-order valence-corrected chi connectivity index (χ1v) is 9.55. The largest absolute Gasteiger partial charge is 0.407 e. The molecule has 0 radical (unpaired) electrons. The van der Waals surface area contributed by atoms with E-state index >= 15 is 0 Å². The number of benzodiazepines with no additional fused rings is 1. The van der Waals surface area contributed by atoms with Crippen molar-refractivity contribution in [3.63, 3.8) is 0 Å². The fourth-order valence-electron chi connectivity index (χ4n) is 3.10. The third kappa shape index (κ3) is 4.34. The minimum atomic E-state index is -1.22. The van der Waals surface area contributed by atoms with E-state index in [9.17, 15) is 4.79 Å². The Morgan fingerprint density at radius 1 is 1.16 bits per heavy atom. The average molecular weight is 423 g/mol. The van der Waals surface area contributed by atoms with Crippen LogP contribution in [0.1, 0.15) is 22.4 Å². The van der Waals surface area contributed by atoms with Crippen LogP contribution < -0.4 is 11.1 Å². The molecule has 2 heterocycles. The van der Waals surface area contributed by atoms with E-state index in [1.165, 1.54) is 18.3 Å². The summed E-state index contributed by atoms with van der Waals surface area (Å²) in [6.45, 7) is 0. The van der Waals surface area contributed by atoms with Crippen LogP contribution in [0.4, 0.5) is 5.69 Å². The fraction of sp³-hybridized carbons (Fsp3) is 0.0435. The number of nitrogens with zero attached hydrogens (tertiary/aromatic N) is 4. The van der Waals surface area contributed by atoms with Crippen molar-refractivity contribution in [1.29, 1.82) is 10.7 Å². The number of nitriles is 1. The number of ether oxygens (including phenoxy) is 1. The van der Waals surface area contributed by atoms with Crippen molar-refractivity contribution in [1.82, 2.24) is 4.98 Å². The van der Waals surface area contributed by atoms with Crippen molar-refractivity contribution in [3.05, 3.63) is 95.3 Å². The number of benzene rings is 2. The molecule has 0 spiro atoms. The standard InChI is InChI=1S/C23H17N7O2/c24-13-16-12-15(10-11-27-16)20(25)32-23(26)30-21-22(31)28-18-9-5-4-8-17(18)19(29-21)14-6-2-1-3-7-14/h1-12,21,25H,(H2,26,30)(H,28,31). The van der Waals surface area contributed by atoms with Gasteiger partial charge in [-0.2, -0.15) is 10.3 Å². The lowest BCUT2D eigenvalue weighted by atomic mass is 10.0. The number of fused-ring (bicyclic) bond motifs is 1. The van der Waals surface area contributed by atoms with Gasteiger partial charge in [-0.15, -0.1) is 0 Å². The van der Waals surface area contributed by atoms with Crippen molar-refractivity contribution in [2.75, 3.05) is 5.32 Å². The van der Waals surface area contributed by atoms with Crippen LogP contribution in [0, 0.1) is 16.7 Å². The van der Waals surface area contributed by atoms with Crippen LogP contribution in [0.5, 0.6) is 0 Å². The van der Waals surface area contributed by atoms with Crippen LogP contribution in [-0.2, 0) is 9.53 Å². The number of nitrogens with two attached hydrogens (primary N) is 1. The highest BCUT2D eigenvalue weighted by Gasteiger charge is 2.26. The molecule has 4 rings (SSSR count). The quantitative estimate of drug-likeness (QED) is 0.437. The summed E-state index contributed by atoms with van der Waals surface area (Å²) < 4.78 is 5.27. The number of amidine groups is 1. The Labute approximate surface area is 183 Å². The summed E-state index contributed by atoms with van der Waals surface area (Å²) in [4.78, 5) is 25.3. The van der Waals surface area contributed by atoms with Gasteiger partial charge in [-0.25, -0.2) is 9.98 Å². The van der Waals surface area contributed by atoms with E-state index in [0.717, 1.165) is 11.1 Å². The summed E-state index contributed by atoms with van der Waals surface area (Å²) in [7, 11) is 0. The number of hydrogen-bond acceptors (Lipinski definition) is 7. The molecular weight excluding hydrogens is 406 g/mol. The molecule has 0 saturated carbocycles. The van der Waals surface area contributed by atoms with E-state index in [4.69, 9.17) is 21.1 Å². The van der Waals surface area contributed by atoms with Crippen molar-refractivity contribution in [2.24, 2.45) is 15.7 Å². The van der Waals surface area contributed by atoms with Crippen molar-refractivity contribution in [2.45, 2.75) is 6.17 Å². The van der Waals surface area contributed by atoms with Crippen LogP contribution in [0.3, 0.4) is 0 Å². The van der Waals surface area contributed by atoms with Gasteiger partial charge in [-0.1, -0.05) is 48.5 Å². The van der Waals surface area contributed by atoms with Gasteiger partial charge >= 0.3 is 0 Å². The normalized spacial score (nSPS) is 15.5. The van der Waals surface area contributed by atoms with E-state index < -0.39 is 18.1 Å². The van der Waals surface area contributed by atoms with E-state index in [-0.39, 0.29) is 11.6 Å². The summed E-state index contributed by atoms with van der Waals surface area (Å²) in [6, 6.07) is 21.1. The van der Waals surface area contributed by atoms with Crippen molar-refractivity contribution < 1.29 is 9.53 Å². The van der Waals surface area contributed by atoms with E-state index in [2.05, 4.69) is 20.3 Å². The zero-order valence-corrected chi connectivity index (χ0v) is 16.7. The van der Waals surface area contributed by atoms with Crippen LogP contribution in [-0.4, -0.2) is 34.7 Å². The Morgan fingerprint density at radius 2 is 1.91 bits per heavy atom. The molecule has 3 aromatic rings. The molecule has 0 aliphatic carbocycles. The molecule has 1 aromatic heterocycles. The molecule has 1 atom stereocenters. The van der Waals surface area contributed by atoms with Crippen molar-refractivity contribution in [3.8, 4) is 6.07 Å². The number of amides is 1. The number of rotatable bonds is 3. The molecule has 1 amide bonds. The number of para-hydroxylation sites is 1. The van der Waals surface area contributed by atoms with Gasteiger partial charge in [0.15, 0.2) is 0 Å². The highest BCUT2D eigenvalue weighted by atomic mass is 16.5. The summed E-state index contributed by atoms with van der Waals surface area (Å²) in [6.07, 6.45) is 0.156. The van der Waals surface area contributed by atoms with Gasteiger partial charge in [0.25, 0.3) is 11.9 Å². The van der Waals surface area contributed by atoms with Crippen molar-refractivity contribution >= 4 is 29.2 Å². The van der Waals surface area contributed by atoms with Gasteiger partial charge in [0.05, 0.1) is 11.4 Å². The molecule has 1 unspecified atom stereocenters. The lowest BCUT2D eigenvalue weighted by Crippen LogP contribution is -2.29. The Kier molecular flexibility index (Phi) is 5.68. The Balaban J connectivity index is 1.66. The maximum Gasteiger partial charge on any atom is 0.291 e. The molecule has 1 aliphatic rings. The summed E-state index contributed by atoms with van der Waals surface area (Å²) in [5.41, 5.74) is 9.03. The number of nitrogens with one attached hydrogen (secondary N) is 2. The summed E-state index contributed by atoms with van der Waals surface area (Å²) in [5.74, 6) is -0.827. The van der Waals surface area contributed by atoms with E-state index in [0.29, 0.717) is 17.0 Å². The minimum absolute atomic E-state index is 0.129. The number of aromatic nitrogens is 1. The topological polar surface area (TPSA) is 150 Å². The number of aliphatic imine (C=N–C) groups is 2. The first kappa shape index (κ1) is 20.4. The second-order valence-electron chi connectivity index (χ2n) is 6.69. The van der Waals surface area contributed by atoms with E-state index in [1.807, 2.05) is 54.6 Å². The predicted octanol–water partition coefficient (Wildman–Crippen LogP) is 2.43. The molecule has 1 aliphatic heterocycles. The molecule has 32 heavy (non-hydrogen) atoms. The molecule has 156 valence electrons. The SMILES string of the molecule is N#Cc1cc(C(=N)OC(N)=NC2N=C(c3ccccc3)c3ccccc3NC2=O)ccn1. The zero-order valence-electron chi connectivity index (χ0n) is 16.7. The Hall–Kier alpha value is -4.84. The highest BCUT2D eigenvalue weighted by Crippen LogP contribution is 2.24. The average Bonchev–Trinajstić information content (AvgIpc) is 2.96. The molecule has 9 heteroatoms. The minimum Gasteiger partial charge on any atom is -0.407 e. The number of anilines is 1. The molecule has 9 nitrogen and oxygen atoms in total. The van der Waals surface area contributed by atoms with Gasteiger partial charge < -0.3 is 15.8 Å². The lowest BCUT2D eigenvalue weighted by Gasteiger charge is -2.10. The maximum atomic E-state index is 12.8. The smallest absolute Gasteiger partial charge is 0.291 e. The Bertz CT molecular complexity index is 1290. The summed E-state index contributed by atoms with van der Waals surface area (Å²) >= 11 is 0. The molecule has 2 aromatic carbocycles. The van der Waals surface area contributed by atoms with Gasteiger partial charge in [0.1, 0.15) is 11.8 Å². The zero-order chi connectivity index (χ0) is 22.5. The van der Waals surface area contributed by atoms with Crippen LogP contribution >= 0.6 is 0 Å². The number of hydrogen-bond donors (Lipinski definition) is 3. The number of carbonyl (C=O) groups excluding carboxylic acids is 1. The van der Waals surface area contributed by atoms with Gasteiger partial charge in [-0.3, -0.25) is 10.2 Å². The number of pyridine rings is 1. The van der Waals surface area contributed by atoms with Crippen LogP contribution in [0.25, 0.3) is 0 Å². The molecule has 0 fully saturated rings. The highest BCUT2D eigenvalue weighted by molar-refractivity contribution is 6.19. The van der Waals surface area contributed by atoms with Crippen LogP contribution in [0.2, 0.25) is 0 Å².